The van der Waals surface area contributed by atoms with Gasteiger partial charge in [-0.2, -0.15) is 5.26 Å². The average molecular weight is 243 g/mol. The molecule has 1 aliphatic heterocycles. The molecule has 1 N–H and O–H groups in total. The van der Waals surface area contributed by atoms with E-state index in [-0.39, 0.29) is 0 Å². The van der Waals surface area contributed by atoms with Crippen LogP contribution in [0.15, 0.2) is 18.5 Å². The van der Waals surface area contributed by atoms with Gasteiger partial charge in [0.2, 0.25) is 0 Å². The first-order valence-corrected chi connectivity index (χ1v) is 6.68. The third kappa shape index (κ3) is 1.92. The Morgan fingerprint density at radius 2 is 2.41 bits per heavy atom. The maximum atomic E-state index is 9.06. The fourth-order valence-electron chi connectivity index (χ4n) is 2.36. The van der Waals surface area contributed by atoms with Crippen LogP contribution in [-0.4, -0.2) is 18.1 Å². The number of nitrogens with zero attached hydrogens (tertiary/aromatic N) is 2. The molecular formula is C13H13N3S. The zero-order chi connectivity index (χ0) is 11.7. The molecule has 0 spiro atoms. The number of nitriles is 1. The minimum atomic E-state index is 0.604. The number of aromatic nitrogens is 1. The third-order valence-corrected chi connectivity index (χ3v) is 4.61. The summed E-state index contributed by atoms with van der Waals surface area (Å²) in [6.45, 7) is 2.19. The lowest BCUT2D eigenvalue weighted by Gasteiger charge is -2.21. The molecule has 1 atom stereocenters. The minimum absolute atomic E-state index is 0.604. The summed E-state index contributed by atoms with van der Waals surface area (Å²) >= 11 is 1.75. The van der Waals surface area contributed by atoms with E-state index in [2.05, 4.69) is 22.4 Å². The van der Waals surface area contributed by atoms with Crippen LogP contribution in [-0.2, 0) is 0 Å². The van der Waals surface area contributed by atoms with E-state index in [0.29, 0.717) is 11.5 Å². The molecule has 4 heteroatoms. The van der Waals surface area contributed by atoms with Gasteiger partial charge in [0.25, 0.3) is 0 Å². The van der Waals surface area contributed by atoms with Gasteiger partial charge in [-0.1, -0.05) is 0 Å². The molecule has 3 rings (SSSR count). The number of thiophene rings is 1. The van der Waals surface area contributed by atoms with Gasteiger partial charge in [0, 0.05) is 35.1 Å². The topological polar surface area (TPSA) is 48.7 Å². The third-order valence-electron chi connectivity index (χ3n) is 3.26. The van der Waals surface area contributed by atoms with Gasteiger partial charge in [0.05, 0.1) is 10.3 Å². The molecule has 2 aromatic heterocycles. The van der Waals surface area contributed by atoms with E-state index in [1.165, 1.54) is 17.7 Å². The van der Waals surface area contributed by atoms with Crippen LogP contribution < -0.4 is 5.32 Å². The summed E-state index contributed by atoms with van der Waals surface area (Å²) in [4.78, 5) is 5.50. The van der Waals surface area contributed by atoms with Gasteiger partial charge in [0.1, 0.15) is 6.07 Å². The first-order valence-electron chi connectivity index (χ1n) is 5.87. The van der Waals surface area contributed by atoms with Crippen molar-refractivity contribution >= 4 is 21.4 Å². The number of piperidine rings is 1. The van der Waals surface area contributed by atoms with Crippen LogP contribution in [0.2, 0.25) is 0 Å². The molecule has 3 heterocycles. The fraction of sp³-hybridized carbons (Fsp3) is 0.385. The number of rotatable bonds is 1. The van der Waals surface area contributed by atoms with Gasteiger partial charge in [-0.05, 0) is 25.5 Å². The summed E-state index contributed by atoms with van der Waals surface area (Å²) in [5.41, 5.74) is 0.697. The Labute approximate surface area is 104 Å². The Balaban J connectivity index is 2.04. The number of pyridine rings is 1. The van der Waals surface area contributed by atoms with Gasteiger partial charge < -0.3 is 5.32 Å². The van der Waals surface area contributed by atoms with Crippen LogP contribution in [0, 0.1) is 11.3 Å². The standard InChI is InChI=1S/C13H13N3S/c14-5-11-8-16-7-10-4-12(17-13(10)11)9-2-1-3-15-6-9/h4,7-9,15H,1-3,6H2. The second-order valence-corrected chi connectivity index (χ2v) is 5.49. The summed E-state index contributed by atoms with van der Waals surface area (Å²) in [6.07, 6.45) is 5.99. The van der Waals surface area contributed by atoms with Crippen molar-refractivity contribution in [3.8, 4) is 6.07 Å². The number of hydrogen-bond acceptors (Lipinski definition) is 4. The Hall–Kier alpha value is -1.44. The van der Waals surface area contributed by atoms with Crippen molar-refractivity contribution in [1.29, 1.82) is 5.26 Å². The van der Waals surface area contributed by atoms with Crippen molar-refractivity contribution in [2.24, 2.45) is 0 Å². The van der Waals surface area contributed by atoms with Crippen LogP contribution in [0.1, 0.15) is 29.2 Å². The van der Waals surface area contributed by atoms with Gasteiger partial charge in [-0.25, -0.2) is 0 Å². The summed E-state index contributed by atoms with van der Waals surface area (Å²) in [5.74, 6) is 0.604. The van der Waals surface area contributed by atoms with Crippen LogP contribution in [0.5, 0.6) is 0 Å². The van der Waals surface area contributed by atoms with E-state index in [9.17, 15) is 0 Å². The van der Waals surface area contributed by atoms with Crippen LogP contribution >= 0.6 is 11.3 Å². The number of fused-ring (bicyclic) bond motifs is 1. The van der Waals surface area contributed by atoms with Gasteiger partial charge in [0.15, 0.2) is 0 Å². The van der Waals surface area contributed by atoms with Crippen LogP contribution in [0.3, 0.4) is 0 Å². The molecule has 1 unspecified atom stereocenters. The molecule has 3 nitrogen and oxygen atoms in total. The fourth-order valence-corrected chi connectivity index (χ4v) is 3.58. The van der Waals surface area contributed by atoms with E-state index in [1.807, 2.05) is 6.20 Å². The van der Waals surface area contributed by atoms with Crippen molar-refractivity contribution < 1.29 is 0 Å². The zero-order valence-electron chi connectivity index (χ0n) is 9.44. The van der Waals surface area contributed by atoms with Gasteiger partial charge in [-0.15, -0.1) is 11.3 Å². The Morgan fingerprint density at radius 3 is 3.18 bits per heavy atom. The van der Waals surface area contributed by atoms with Crippen molar-refractivity contribution in [2.45, 2.75) is 18.8 Å². The molecule has 2 aromatic rings. The molecule has 0 saturated carbocycles. The normalized spacial score (nSPS) is 20.3. The van der Waals surface area contributed by atoms with E-state index in [4.69, 9.17) is 5.26 Å². The van der Waals surface area contributed by atoms with Crippen molar-refractivity contribution in [2.75, 3.05) is 13.1 Å². The molecule has 1 fully saturated rings. The average Bonchev–Trinajstić information content (AvgIpc) is 2.83. The first-order chi connectivity index (χ1) is 8.38. The van der Waals surface area contributed by atoms with Gasteiger partial charge in [-0.3, -0.25) is 4.98 Å². The Morgan fingerprint density at radius 1 is 1.47 bits per heavy atom. The molecule has 0 bridgehead atoms. The molecule has 1 aliphatic rings. The zero-order valence-corrected chi connectivity index (χ0v) is 10.3. The second kappa shape index (κ2) is 4.44. The highest BCUT2D eigenvalue weighted by Gasteiger charge is 2.18. The molecule has 1 saturated heterocycles. The highest BCUT2D eigenvalue weighted by Crippen LogP contribution is 2.34. The van der Waals surface area contributed by atoms with Crippen LogP contribution in [0.25, 0.3) is 10.1 Å². The molecule has 86 valence electrons. The molecule has 0 amide bonds. The number of nitrogens with one attached hydrogen (secondary N) is 1. The lowest BCUT2D eigenvalue weighted by molar-refractivity contribution is 0.466. The van der Waals surface area contributed by atoms with E-state index in [0.717, 1.165) is 23.2 Å². The predicted molar refractivity (Wildman–Crippen MR) is 69.2 cm³/mol. The lowest BCUT2D eigenvalue weighted by Crippen LogP contribution is -2.27. The summed E-state index contributed by atoms with van der Waals surface area (Å²) in [7, 11) is 0. The molecule has 0 radical (unpaired) electrons. The summed E-state index contributed by atoms with van der Waals surface area (Å²) in [5, 5.41) is 13.6. The smallest absolute Gasteiger partial charge is 0.102 e. The van der Waals surface area contributed by atoms with E-state index < -0.39 is 0 Å². The highest BCUT2D eigenvalue weighted by molar-refractivity contribution is 7.19. The largest absolute Gasteiger partial charge is 0.316 e. The summed E-state index contributed by atoms with van der Waals surface area (Å²) < 4.78 is 1.09. The maximum Gasteiger partial charge on any atom is 0.102 e. The minimum Gasteiger partial charge on any atom is -0.316 e. The SMILES string of the molecule is N#Cc1cncc2cc(C3CCCNC3)sc12. The highest BCUT2D eigenvalue weighted by atomic mass is 32.1. The predicted octanol–water partition coefficient (Wildman–Crippen LogP) is 2.63. The Bertz CT molecular complexity index is 576. The monoisotopic (exact) mass is 243 g/mol. The molecular weight excluding hydrogens is 230 g/mol. The quantitative estimate of drug-likeness (QED) is 0.837. The van der Waals surface area contributed by atoms with Crippen molar-refractivity contribution in [3.63, 3.8) is 0 Å². The second-order valence-electron chi connectivity index (χ2n) is 4.41. The number of hydrogen-bond donors (Lipinski definition) is 1. The Kier molecular flexibility index (Phi) is 2.79. The summed E-state index contributed by atoms with van der Waals surface area (Å²) in [6, 6.07) is 4.42. The van der Waals surface area contributed by atoms with Crippen molar-refractivity contribution in [1.82, 2.24) is 10.3 Å². The molecule has 0 aliphatic carbocycles. The van der Waals surface area contributed by atoms with E-state index >= 15 is 0 Å². The first kappa shape index (κ1) is 10.7. The lowest BCUT2D eigenvalue weighted by atomic mass is 9.98. The molecule has 17 heavy (non-hydrogen) atoms. The molecule has 0 aromatic carbocycles. The van der Waals surface area contributed by atoms with E-state index in [1.54, 1.807) is 17.5 Å². The van der Waals surface area contributed by atoms with Crippen LogP contribution in [0.4, 0.5) is 0 Å². The van der Waals surface area contributed by atoms with Crippen molar-refractivity contribution in [3.05, 3.63) is 28.9 Å². The maximum absolute atomic E-state index is 9.06. The van der Waals surface area contributed by atoms with Gasteiger partial charge >= 0.3 is 0 Å².